The Kier molecular flexibility index (Phi) is 4.45. The van der Waals surface area contributed by atoms with Crippen LogP contribution in [0.1, 0.15) is 0 Å². The minimum atomic E-state index is -0.327. The summed E-state index contributed by atoms with van der Waals surface area (Å²) in [5.74, 6) is 0.342. The molecule has 0 aliphatic rings. The molecule has 0 saturated heterocycles. The molecule has 6 heavy (non-hydrogen) atoms. The molecular weight excluding hydrogens is 166 g/mol. The molecular formula is C3H7ClOSe. The van der Waals surface area contributed by atoms with E-state index >= 15 is 0 Å². The van der Waals surface area contributed by atoms with Crippen LogP contribution in [-0.4, -0.2) is 33.1 Å². The molecule has 0 heterocycles. The topological polar surface area (TPSA) is 20.2 Å². The van der Waals surface area contributed by atoms with Crippen molar-refractivity contribution in [2.75, 3.05) is 5.88 Å². The summed E-state index contributed by atoms with van der Waals surface area (Å²) in [4.78, 5) is 0. The molecule has 1 atom stereocenters. The van der Waals surface area contributed by atoms with Gasteiger partial charge in [-0.15, -0.1) is 0 Å². The van der Waals surface area contributed by atoms with Gasteiger partial charge in [0.25, 0.3) is 0 Å². The van der Waals surface area contributed by atoms with Gasteiger partial charge in [-0.25, -0.2) is 0 Å². The fraction of sp³-hybridized carbons (Fsp3) is 1.00. The zero-order valence-electron chi connectivity index (χ0n) is 3.26. The SMILES string of the molecule is O[C@@H](CCl)C[SeH]. The van der Waals surface area contributed by atoms with Gasteiger partial charge in [0.15, 0.2) is 0 Å². The van der Waals surface area contributed by atoms with Gasteiger partial charge >= 0.3 is 50.0 Å². The van der Waals surface area contributed by atoms with Crippen molar-refractivity contribution in [3.8, 4) is 0 Å². The first-order chi connectivity index (χ1) is 2.81. The van der Waals surface area contributed by atoms with Gasteiger partial charge in [-0.1, -0.05) is 0 Å². The van der Waals surface area contributed by atoms with E-state index in [0.29, 0.717) is 11.2 Å². The second-order valence-electron chi connectivity index (χ2n) is 0.991. The Morgan fingerprint density at radius 3 is 2.33 bits per heavy atom. The van der Waals surface area contributed by atoms with Crippen LogP contribution in [0, 0.1) is 0 Å². The third kappa shape index (κ3) is 2.98. The predicted molar refractivity (Wildman–Crippen MR) is 28.7 cm³/mol. The zero-order valence-corrected chi connectivity index (χ0v) is 5.90. The molecule has 0 unspecified atom stereocenters. The third-order valence-corrected chi connectivity index (χ3v) is 1.63. The van der Waals surface area contributed by atoms with E-state index in [1.54, 1.807) is 0 Å². The van der Waals surface area contributed by atoms with Crippen molar-refractivity contribution in [1.29, 1.82) is 0 Å². The first kappa shape index (κ1) is 6.77. The maximum atomic E-state index is 8.52. The van der Waals surface area contributed by atoms with E-state index in [2.05, 4.69) is 16.0 Å². The molecule has 3 heteroatoms. The van der Waals surface area contributed by atoms with Crippen LogP contribution in [0.2, 0.25) is 5.32 Å². The molecule has 0 fully saturated rings. The van der Waals surface area contributed by atoms with Gasteiger partial charge in [0.2, 0.25) is 0 Å². The Labute approximate surface area is 50.5 Å². The van der Waals surface area contributed by atoms with Gasteiger partial charge in [-0.05, 0) is 0 Å². The number of aliphatic hydroxyl groups is 1. The van der Waals surface area contributed by atoms with Gasteiger partial charge in [-0.3, -0.25) is 0 Å². The molecule has 0 radical (unpaired) electrons. The Morgan fingerprint density at radius 1 is 1.83 bits per heavy atom. The Bertz CT molecular complexity index is 30.0. The first-order valence-corrected chi connectivity index (χ1v) is 3.52. The zero-order chi connectivity index (χ0) is 4.99. The Hall–Kier alpha value is 0.769. The molecule has 1 nitrogen and oxygen atoms in total. The van der Waals surface area contributed by atoms with Crippen LogP contribution in [0.4, 0.5) is 0 Å². The molecule has 0 amide bonds. The first-order valence-electron chi connectivity index (χ1n) is 1.66. The molecule has 0 bridgehead atoms. The molecule has 0 aliphatic carbocycles. The second-order valence-corrected chi connectivity index (χ2v) is 2.07. The predicted octanol–water partition coefficient (Wildman–Crippen LogP) is -0.0948. The summed E-state index contributed by atoms with van der Waals surface area (Å²) in [6.45, 7) is 0. The van der Waals surface area contributed by atoms with E-state index in [-0.39, 0.29) is 6.10 Å². The van der Waals surface area contributed by atoms with Crippen molar-refractivity contribution in [3.05, 3.63) is 0 Å². The Morgan fingerprint density at radius 2 is 2.33 bits per heavy atom. The standard InChI is InChI=1S/C3H7ClOSe/c4-1-3(5)2-6/h3,5-6H,1-2H2/t3-/m0/s1. The summed E-state index contributed by atoms with van der Waals surface area (Å²) in [6, 6.07) is 0. The minimum absolute atomic E-state index is 0.327. The van der Waals surface area contributed by atoms with Crippen molar-refractivity contribution < 1.29 is 5.11 Å². The molecule has 0 aromatic heterocycles. The van der Waals surface area contributed by atoms with E-state index in [1.807, 2.05) is 0 Å². The van der Waals surface area contributed by atoms with Crippen LogP contribution in [0.3, 0.4) is 0 Å². The van der Waals surface area contributed by atoms with Crippen LogP contribution < -0.4 is 0 Å². The molecule has 0 saturated carbocycles. The van der Waals surface area contributed by atoms with E-state index in [4.69, 9.17) is 16.7 Å². The molecule has 38 valence electrons. The van der Waals surface area contributed by atoms with Crippen molar-refractivity contribution in [3.63, 3.8) is 0 Å². The summed E-state index contributed by atoms with van der Waals surface area (Å²) in [7, 11) is 0. The number of hydrogen-bond acceptors (Lipinski definition) is 1. The quantitative estimate of drug-likeness (QED) is 0.457. The van der Waals surface area contributed by atoms with Gasteiger partial charge in [0.05, 0.1) is 0 Å². The molecule has 0 aromatic rings. The van der Waals surface area contributed by atoms with E-state index in [0.717, 1.165) is 0 Å². The molecule has 0 rings (SSSR count). The van der Waals surface area contributed by atoms with E-state index < -0.39 is 0 Å². The van der Waals surface area contributed by atoms with Gasteiger partial charge < -0.3 is 0 Å². The number of rotatable bonds is 2. The summed E-state index contributed by atoms with van der Waals surface area (Å²) in [6.07, 6.45) is -0.327. The summed E-state index contributed by atoms with van der Waals surface area (Å²) >= 11 is 7.47. The fourth-order valence-electron chi connectivity index (χ4n) is 0.0488. The van der Waals surface area contributed by atoms with Crippen LogP contribution >= 0.6 is 11.6 Å². The summed E-state index contributed by atoms with van der Waals surface area (Å²) in [5, 5.41) is 9.21. The normalized spacial score (nSPS) is 14.5. The number of hydrogen-bond donors (Lipinski definition) is 1. The second kappa shape index (κ2) is 3.94. The van der Waals surface area contributed by atoms with Gasteiger partial charge in [0, 0.05) is 0 Å². The van der Waals surface area contributed by atoms with Crippen LogP contribution in [0.25, 0.3) is 0 Å². The average Bonchev–Trinajstić information content (AvgIpc) is 1.65. The molecule has 0 spiro atoms. The summed E-state index contributed by atoms with van der Waals surface area (Å²) in [5.41, 5.74) is 0. The van der Waals surface area contributed by atoms with Crippen molar-refractivity contribution in [2.45, 2.75) is 11.4 Å². The van der Waals surface area contributed by atoms with Crippen LogP contribution in [0.5, 0.6) is 0 Å². The molecule has 0 aliphatic heterocycles. The van der Waals surface area contributed by atoms with Crippen molar-refractivity contribution in [2.24, 2.45) is 0 Å². The molecule has 0 aromatic carbocycles. The van der Waals surface area contributed by atoms with Gasteiger partial charge in [0.1, 0.15) is 0 Å². The maximum absolute atomic E-state index is 8.52. The number of halogens is 1. The molecule has 1 N–H and O–H groups in total. The van der Waals surface area contributed by atoms with Crippen molar-refractivity contribution in [1.82, 2.24) is 0 Å². The van der Waals surface area contributed by atoms with E-state index in [1.165, 1.54) is 0 Å². The number of aliphatic hydroxyl groups excluding tert-OH is 1. The summed E-state index contributed by atoms with van der Waals surface area (Å²) < 4.78 is 0. The van der Waals surface area contributed by atoms with Crippen LogP contribution in [0.15, 0.2) is 0 Å². The van der Waals surface area contributed by atoms with Crippen molar-refractivity contribution >= 4 is 27.6 Å². The Balaban J connectivity index is 2.75. The fourth-order valence-corrected chi connectivity index (χ4v) is 0.761. The number of alkyl halides is 1. The third-order valence-electron chi connectivity index (χ3n) is 0.389. The van der Waals surface area contributed by atoms with Crippen LogP contribution in [-0.2, 0) is 0 Å². The van der Waals surface area contributed by atoms with Gasteiger partial charge in [-0.2, -0.15) is 0 Å². The van der Waals surface area contributed by atoms with E-state index in [9.17, 15) is 0 Å². The monoisotopic (exact) mass is 174 g/mol. The average molecular weight is 174 g/mol.